The Bertz CT molecular complexity index is 335. The highest BCUT2D eigenvalue weighted by atomic mass is 32.1. The van der Waals surface area contributed by atoms with Crippen molar-refractivity contribution >= 4 is 11.3 Å². The van der Waals surface area contributed by atoms with E-state index in [0.717, 1.165) is 6.04 Å². The van der Waals surface area contributed by atoms with E-state index in [9.17, 15) is 0 Å². The number of nitrogens with one attached hydrogen (secondary N) is 1. The number of rotatable bonds is 3. The summed E-state index contributed by atoms with van der Waals surface area (Å²) in [5.74, 6) is 0. The van der Waals surface area contributed by atoms with Gasteiger partial charge in [0, 0.05) is 17.6 Å². The van der Waals surface area contributed by atoms with Crippen molar-refractivity contribution in [1.29, 1.82) is 0 Å². The van der Waals surface area contributed by atoms with Crippen LogP contribution in [0.1, 0.15) is 62.8 Å². The minimum Gasteiger partial charge on any atom is -0.303 e. The van der Waals surface area contributed by atoms with Gasteiger partial charge in [0.05, 0.1) is 5.54 Å². The van der Waals surface area contributed by atoms with Gasteiger partial charge in [0.15, 0.2) is 0 Å². The smallest absolute Gasteiger partial charge is 0.113 e. The highest BCUT2D eigenvalue weighted by Crippen LogP contribution is 2.39. The van der Waals surface area contributed by atoms with Gasteiger partial charge in [0.1, 0.15) is 5.01 Å². The Hall–Kier alpha value is -0.410. The lowest BCUT2D eigenvalue weighted by molar-refractivity contribution is 0.248. The molecular weight excluding hydrogens is 228 g/mol. The van der Waals surface area contributed by atoms with E-state index in [2.05, 4.69) is 15.7 Å². The first-order valence-corrected chi connectivity index (χ1v) is 7.95. The fourth-order valence-electron chi connectivity index (χ4n) is 3.01. The summed E-state index contributed by atoms with van der Waals surface area (Å²) >= 11 is 1.84. The summed E-state index contributed by atoms with van der Waals surface area (Å²) in [6.07, 6.45) is 14.2. The zero-order valence-corrected chi connectivity index (χ0v) is 11.3. The quantitative estimate of drug-likeness (QED) is 0.881. The zero-order valence-electron chi connectivity index (χ0n) is 10.5. The molecule has 1 N–H and O–H groups in total. The molecule has 2 nitrogen and oxygen atoms in total. The molecule has 1 aromatic rings. The first-order valence-electron chi connectivity index (χ1n) is 7.07. The maximum atomic E-state index is 4.62. The Morgan fingerprint density at radius 3 is 2.41 bits per heavy atom. The van der Waals surface area contributed by atoms with Crippen molar-refractivity contribution in [3.63, 3.8) is 0 Å². The molecule has 0 spiro atoms. The van der Waals surface area contributed by atoms with E-state index >= 15 is 0 Å². The molecule has 0 atom stereocenters. The average Bonchev–Trinajstić information content (AvgIpc) is 2.93. The Morgan fingerprint density at radius 1 is 1.12 bits per heavy atom. The van der Waals surface area contributed by atoms with Gasteiger partial charge in [-0.05, 0) is 25.7 Å². The summed E-state index contributed by atoms with van der Waals surface area (Å²) in [5.41, 5.74) is 0.218. The standard InChI is InChI=1S/C14H22N2S/c1-2-4-8-14(9-5-3-1,16-12-6-7-12)13-15-10-11-17-13/h10-12,16H,1-9H2. The molecule has 0 radical (unpaired) electrons. The minimum absolute atomic E-state index is 0.218. The lowest BCUT2D eigenvalue weighted by Crippen LogP contribution is -2.44. The first kappa shape index (κ1) is 11.7. The van der Waals surface area contributed by atoms with Crippen molar-refractivity contribution in [2.24, 2.45) is 0 Å². The molecule has 3 heteroatoms. The molecule has 0 unspecified atom stereocenters. The van der Waals surface area contributed by atoms with Crippen LogP contribution in [0.3, 0.4) is 0 Å². The van der Waals surface area contributed by atoms with Gasteiger partial charge in [-0.1, -0.05) is 32.1 Å². The van der Waals surface area contributed by atoms with Crippen LogP contribution >= 0.6 is 11.3 Å². The molecule has 2 fully saturated rings. The maximum Gasteiger partial charge on any atom is 0.113 e. The van der Waals surface area contributed by atoms with Gasteiger partial charge >= 0.3 is 0 Å². The van der Waals surface area contributed by atoms with Crippen LogP contribution in [-0.2, 0) is 5.54 Å². The fraction of sp³-hybridized carbons (Fsp3) is 0.786. The van der Waals surface area contributed by atoms with Crippen LogP contribution in [0.5, 0.6) is 0 Å². The van der Waals surface area contributed by atoms with Crippen molar-refractivity contribution < 1.29 is 0 Å². The second kappa shape index (κ2) is 5.07. The van der Waals surface area contributed by atoms with E-state index < -0.39 is 0 Å². The van der Waals surface area contributed by atoms with E-state index in [0.29, 0.717) is 0 Å². The largest absolute Gasteiger partial charge is 0.303 e. The SMILES string of the molecule is c1csc(C2(NC3CC3)CCCCCCC2)n1. The van der Waals surface area contributed by atoms with Gasteiger partial charge in [0.25, 0.3) is 0 Å². The number of nitrogens with zero attached hydrogens (tertiary/aromatic N) is 1. The summed E-state index contributed by atoms with van der Waals surface area (Å²) < 4.78 is 0. The summed E-state index contributed by atoms with van der Waals surface area (Å²) in [5, 5.41) is 7.39. The summed E-state index contributed by atoms with van der Waals surface area (Å²) in [6, 6.07) is 0.776. The van der Waals surface area contributed by atoms with Gasteiger partial charge in [0.2, 0.25) is 0 Å². The molecule has 17 heavy (non-hydrogen) atoms. The van der Waals surface area contributed by atoms with Crippen molar-refractivity contribution in [3.8, 4) is 0 Å². The van der Waals surface area contributed by atoms with E-state index in [4.69, 9.17) is 0 Å². The second-order valence-electron chi connectivity index (χ2n) is 5.61. The van der Waals surface area contributed by atoms with Crippen LogP contribution in [0.25, 0.3) is 0 Å². The van der Waals surface area contributed by atoms with Crippen LogP contribution < -0.4 is 5.32 Å². The van der Waals surface area contributed by atoms with Crippen LogP contribution in [0, 0.1) is 0 Å². The third-order valence-electron chi connectivity index (χ3n) is 4.11. The first-order chi connectivity index (χ1) is 8.39. The fourth-order valence-corrected chi connectivity index (χ4v) is 3.87. The maximum absolute atomic E-state index is 4.62. The molecule has 3 rings (SSSR count). The van der Waals surface area contributed by atoms with Crippen LogP contribution in [-0.4, -0.2) is 11.0 Å². The van der Waals surface area contributed by atoms with E-state index in [1.807, 2.05) is 17.5 Å². The number of hydrogen-bond donors (Lipinski definition) is 1. The zero-order chi connectivity index (χ0) is 11.6. The molecule has 2 aliphatic carbocycles. The van der Waals surface area contributed by atoms with Crippen LogP contribution in [0.4, 0.5) is 0 Å². The summed E-state index contributed by atoms with van der Waals surface area (Å²) in [4.78, 5) is 4.62. The second-order valence-corrected chi connectivity index (χ2v) is 6.50. The molecule has 2 aliphatic rings. The van der Waals surface area contributed by atoms with Gasteiger partial charge in [-0.15, -0.1) is 11.3 Å². The molecule has 0 amide bonds. The molecule has 0 aliphatic heterocycles. The topological polar surface area (TPSA) is 24.9 Å². The van der Waals surface area contributed by atoms with E-state index in [1.54, 1.807) is 0 Å². The molecule has 1 heterocycles. The van der Waals surface area contributed by atoms with Crippen LogP contribution in [0.2, 0.25) is 0 Å². The highest BCUT2D eigenvalue weighted by molar-refractivity contribution is 7.09. The Morgan fingerprint density at radius 2 is 1.82 bits per heavy atom. The molecule has 0 saturated heterocycles. The van der Waals surface area contributed by atoms with Crippen molar-refractivity contribution in [1.82, 2.24) is 10.3 Å². The van der Waals surface area contributed by atoms with Crippen molar-refractivity contribution in [3.05, 3.63) is 16.6 Å². The monoisotopic (exact) mass is 250 g/mol. The van der Waals surface area contributed by atoms with Crippen molar-refractivity contribution in [2.45, 2.75) is 69.4 Å². The average molecular weight is 250 g/mol. The predicted octanol–water partition coefficient (Wildman–Crippen LogP) is 3.83. The van der Waals surface area contributed by atoms with Gasteiger partial charge in [-0.25, -0.2) is 4.98 Å². The Labute approximate surface area is 108 Å². The van der Waals surface area contributed by atoms with Crippen molar-refractivity contribution in [2.75, 3.05) is 0 Å². The highest BCUT2D eigenvalue weighted by Gasteiger charge is 2.39. The molecule has 94 valence electrons. The summed E-state index contributed by atoms with van der Waals surface area (Å²) in [6.45, 7) is 0. The molecule has 2 saturated carbocycles. The number of thiazole rings is 1. The lowest BCUT2D eigenvalue weighted by Gasteiger charge is -2.35. The molecule has 0 aromatic carbocycles. The van der Waals surface area contributed by atoms with Crippen LogP contribution in [0.15, 0.2) is 11.6 Å². The van der Waals surface area contributed by atoms with E-state index in [-0.39, 0.29) is 5.54 Å². The molecule has 1 aromatic heterocycles. The van der Waals surface area contributed by atoms with Gasteiger partial charge in [-0.2, -0.15) is 0 Å². The normalized spacial score (nSPS) is 25.2. The Kier molecular flexibility index (Phi) is 3.48. The summed E-state index contributed by atoms with van der Waals surface area (Å²) in [7, 11) is 0. The number of hydrogen-bond acceptors (Lipinski definition) is 3. The third-order valence-corrected chi connectivity index (χ3v) is 5.08. The van der Waals surface area contributed by atoms with Gasteiger partial charge in [-0.3, -0.25) is 0 Å². The molecular formula is C14H22N2S. The predicted molar refractivity (Wildman–Crippen MR) is 72.3 cm³/mol. The van der Waals surface area contributed by atoms with E-state index in [1.165, 1.54) is 62.8 Å². The van der Waals surface area contributed by atoms with Gasteiger partial charge < -0.3 is 5.32 Å². The lowest BCUT2D eigenvalue weighted by atomic mass is 9.84. The third kappa shape index (κ3) is 2.71. The molecule has 0 bridgehead atoms. The minimum atomic E-state index is 0.218. The number of aromatic nitrogens is 1. The Balaban J connectivity index is 1.82.